The molecule has 0 atom stereocenters. The fourth-order valence-electron chi connectivity index (χ4n) is 2.80. The Morgan fingerprint density at radius 3 is 2.58 bits per heavy atom. The number of nitrogens with one attached hydrogen (secondary N) is 1. The standard InChI is InChI=1S/C15H17NO3/c17-13(15(8-9-15)14(18)19)16-12-7-3-5-10-4-1-2-6-11(10)12/h3,5,7H,1-2,4,6,8-9H2,(H,16,17)(H,18,19). The Bertz CT molecular complexity index is 546. The molecule has 0 radical (unpaired) electrons. The van der Waals surface area contributed by atoms with Crippen molar-refractivity contribution in [3.05, 3.63) is 29.3 Å². The summed E-state index contributed by atoms with van der Waals surface area (Å²) in [6.45, 7) is 0. The molecule has 2 aliphatic carbocycles. The summed E-state index contributed by atoms with van der Waals surface area (Å²) in [5.74, 6) is -1.37. The van der Waals surface area contributed by atoms with Crippen molar-refractivity contribution in [2.24, 2.45) is 5.41 Å². The molecule has 2 aliphatic rings. The van der Waals surface area contributed by atoms with Crippen LogP contribution in [0.5, 0.6) is 0 Å². The number of hydrogen-bond donors (Lipinski definition) is 2. The van der Waals surface area contributed by atoms with Crippen molar-refractivity contribution >= 4 is 17.6 Å². The van der Waals surface area contributed by atoms with Gasteiger partial charge in [-0.3, -0.25) is 9.59 Å². The number of anilines is 1. The summed E-state index contributed by atoms with van der Waals surface area (Å²) in [6, 6.07) is 5.90. The maximum absolute atomic E-state index is 12.1. The third kappa shape index (κ3) is 2.01. The van der Waals surface area contributed by atoms with Crippen LogP contribution in [-0.4, -0.2) is 17.0 Å². The van der Waals surface area contributed by atoms with E-state index in [1.807, 2.05) is 12.1 Å². The monoisotopic (exact) mass is 259 g/mol. The van der Waals surface area contributed by atoms with E-state index in [0.29, 0.717) is 12.8 Å². The van der Waals surface area contributed by atoms with Crippen molar-refractivity contribution in [3.63, 3.8) is 0 Å². The van der Waals surface area contributed by atoms with Crippen LogP contribution < -0.4 is 5.32 Å². The summed E-state index contributed by atoms with van der Waals surface area (Å²) in [5, 5.41) is 12.0. The highest BCUT2D eigenvalue weighted by Crippen LogP contribution is 2.47. The lowest BCUT2D eigenvalue weighted by molar-refractivity contribution is -0.147. The van der Waals surface area contributed by atoms with Crippen LogP contribution in [0, 0.1) is 5.41 Å². The average molecular weight is 259 g/mol. The Kier molecular flexibility index (Phi) is 2.81. The number of carboxylic acids is 1. The lowest BCUT2D eigenvalue weighted by atomic mass is 9.90. The second-order valence-corrected chi connectivity index (χ2v) is 5.49. The SMILES string of the molecule is O=C(O)C1(C(=O)Nc2cccc3c2CCCC3)CC1. The third-order valence-electron chi connectivity index (χ3n) is 4.24. The van der Waals surface area contributed by atoms with E-state index in [1.54, 1.807) is 0 Å². The Balaban J connectivity index is 1.84. The molecular weight excluding hydrogens is 242 g/mol. The minimum absolute atomic E-state index is 0.362. The van der Waals surface area contributed by atoms with Crippen LogP contribution >= 0.6 is 0 Å². The highest BCUT2D eigenvalue weighted by molar-refractivity contribution is 6.11. The van der Waals surface area contributed by atoms with E-state index in [1.165, 1.54) is 17.5 Å². The van der Waals surface area contributed by atoms with Crippen LogP contribution in [0.2, 0.25) is 0 Å². The molecule has 4 nitrogen and oxygen atoms in total. The summed E-state index contributed by atoms with van der Waals surface area (Å²) in [7, 11) is 0. The van der Waals surface area contributed by atoms with Crippen molar-refractivity contribution in [2.75, 3.05) is 5.32 Å². The molecule has 0 aliphatic heterocycles. The van der Waals surface area contributed by atoms with Gasteiger partial charge in [-0.15, -0.1) is 0 Å². The zero-order valence-electron chi connectivity index (χ0n) is 10.7. The van der Waals surface area contributed by atoms with E-state index in [4.69, 9.17) is 5.11 Å². The molecule has 1 aromatic carbocycles. The maximum atomic E-state index is 12.1. The second-order valence-electron chi connectivity index (χ2n) is 5.49. The molecule has 1 fully saturated rings. The minimum atomic E-state index is -1.17. The van der Waals surface area contributed by atoms with Gasteiger partial charge < -0.3 is 10.4 Å². The van der Waals surface area contributed by atoms with Gasteiger partial charge in [-0.05, 0) is 55.7 Å². The van der Waals surface area contributed by atoms with E-state index < -0.39 is 11.4 Å². The highest BCUT2D eigenvalue weighted by Gasteiger charge is 2.57. The number of aryl methyl sites for hydroxylation is 1. The molecule has 4 heteroatoms. The topological polar surface area (TPSA) is 66.4 Å². The Morgan fingerprint density at radius 2 is 1.89 bits per heavy atom. The van der Waals surface area contributed by atoms with Crippen molar-refractivity contribution in [1.82, 2.24) is 0 Å². The van der Waals surface area contributed by atoms with Gasteiger partial charge in [0.1, 0.15) is 5.41 Å². The summed E-state index contributed by atoms with van der Waals surface area (Å²) in [6.07, 6.45) is 5.22. The van der Waals surface area contributed by atoms with Gasteiger partial charge >= 0.3 is 5.97 Å². The van der Waals surface area contributed by atoms with Crippen LogP contribution in [0.4, 0.5) is 5.69 Å². The molecule has 3 rings (SSSR count). The summed E-state index contributed by atoms with van der Waals surface area (Å²) >= 11 is 0. The van der Waals surface area contributed by atoms with Gasteiger partial charge in [-0.1, -0.05) is 12.1 Å². The predicted molar refractivity (Wildman–Crippen MR) is 71.0 cm³/mol. The smallest absolute Gasteiger partial charge is 0.319 e. The van der Waals surface area contributed by atoms with E-state index in [9.17, 15) is 9.59 Å². The van der Waals surface area contributed by atoms with Crippen molar-refractivity contribution in [3.8, 4) is 0 Å². The molecule has 1 amide bonds. The number of carbonyl (C=O) groups excluding carboxylic acids is 1. The second kappa shape index (κ2) is 4.37. The van der Waals surface area contributed by atoms with E-state index in [0.717, 1.165) is 24.9 Å². The highest BCUT2D eigenvalue weighted by atomic mass is 16.4. The van der Waals surface area contributed by atoms with Gasteiger partial charge in [0.2, 0.25) is 5.91 Å². The minimum Gasteiger partial charge on any atom is -0.480 e. The van der Waals surface area contributed by atoms with Gasteiger partial charge in [-0.2, -0.15) is 0 Å². The van der Waals surface area contributed by atoms with Crippen LogP contribution in [0.1, 0.15) is 36.8 Å². The summed E-state index contributed by atoms with van der Waals surface area (Å²) in [4.78, 5) is 23.3. The van der Waals surface area contributed by atoms with Gasteiger partial charge in [0, 0.05) is 5.69 Å². The van der Waals surface area contributed by atoms with Crippen LogP contribution in [0.15, 0.2) is 18.2 Å². The molecule has 0 saturated heterocycles. The zero-order chi connectivity index (χ0) is 13.5. The molecule has 2 N–H and O–H groups in total. The van der Waals surface area contributed by atoms with Gasteiger partial charge in [0.05, 0.1) is 0 Å². The van der Waals surface area contributed by atoms with Gasteiger partial charge in [-0.25, -0.2) is 0 Å². The first-order valence-corrected chi connectivity index (χ1v) is 6.79. The number of amides is 1. The molecule has 1 aromatic rings. The van der Waals surface area contributed by atoms with Crippen LogP contribution in [-0.2, 0) is 22.4 Å². The van der Waals surface area contributed by atoms with E-state index in [2.05, 4.69) is 11.4 Å². The molecule has 0 bridgehead atoms. The lowest BCUT2D eigenvalue weighted by Gasteiger charge is -2.20. The van der Waals surface area contributed by atoms with Crippen LogP contribution in [0.3, 0.4) is 0 Å². The molecule has 0 spiro atoms. The number of aliphatic carboxylic acids is 1. The normalized spacial score (nSPS) is 19.4. The number of fused-ring (bicyclic) bond motifs is 1. The number of carboxylic acid groups (broad SMARTS) is 1. The maximum Gasteiger partial charge on any atom is 0.319 e. The number of hydrogen-bond acceptors (Lipinski definition) is 2. The molecule has 1 saturated carbocycles. The molecular formula is C15H17NO3. The fourth-order valence-corrected chi connectivity index (χ4v) is 2.80. The summed E-state index contributed by atoms with van der Waals surface area (Å²) < 4.78 is 0. The fraction of sp³-hybridized carbons (Fsp3) is 0.467. The van der Waals surface area contributed by atoms with Crippen molar-refractivity contribution in [2.45, 2.75) is 38.5 Å². The molecule has 0 unspecified atom stereocenters. The van der Waals surface area contributed by atoms with Gasteiger partial charge in [0.25, 0.3) is 0 Å². The Hall–Kier alpha value is -1.84. The average Bonchev–Trinajstić information content (AvgIpc) is 3.20. The van der Waals surface area contributed by atoms with E-state index >= 15 is 0 Å². The molecule has 19 heavy (non-hydrogen) atoms. The first kappa shape index (κ1) is 12.2. The van der Waals surface area contributed by atoms with E-state index in [-0.39, 0.29) is 5.91 Å². The molecule has 100 valence electrons. The third-order valence-corrected chi connectivity index (χ3v) is 4.24. The first-order chi connectivity index (χ1) is 9.13. The van der Waals surface area contributed by atoms with Gasteiger partial charge in [0.15, 0.2) is 0 Å². The molecule has 0 aromatic heterocycles. The largest absolute Gasteiger partial charge is 0.480 e. The van der Waals surface area contributed by atoms with Crippen molar-refractivity contribution < 1.29 is 14.7 Å². The summed E-state index contributed by atoms with van der Waals surface area (Å²) in [5.41, 5.74) is 2.10. The number of rotatable bonds is 3. The number of benzene rings is 1. The van der Waals surface area contributed by atoms with Crippen LogP contribution in [0.25, 0.3) is 0 Å². The lowest BCUT2D eigenvalue weighted by Crippen LogP contribution is -2.31. The zero-order valence-corrected chi connectivity index (χ0v) is 10.7. The Labute approximate surface area is 111 Å². The molecule has 0 heterocycles. The first-order valence-electron chi connectivity index (χ1n) is 6.79. The quantitative estimate of drug-likeness (QED) is 0.819. The predicted octanol–water partition coefficient (Wildman–Crippen LogP) is 2.37. The van der Waals surface area contributed by atoms with Crippen molar-refractivity contribution in [1.29, 1.82) is 0 Å². The Morgan fingerprint density at radius 1 is 1.16 bits per heavy atom. The number of carbonyl (C=O) groups is 2.